The van der Waals surface area contributed by atoms with Gasteiger partial charge in [-0.05, 0) is 24.5 Å². The van der Waals surface area contributed by atoms with Crippen molar-refractivity contribution in [3.63, 3.8) is 0 Å². The Bertz CT molecular complexity index is 581. The third-order valence-electron chi connectivity index (χ3n) is 5.11. The summed E-state index contributed by atoms with van der Waals surface area (Å²) in [6.07, 6.45) is 2.46. The molecule has 25 heavy (non-hydrogen) atoms. The van der Waals surface area contributed by atoms with Crippen LogP contribution in [0.5, 0.6) is 0 Å². The van der Waals surface area contributed by atoms with Crippen LogP contribution in [0.25, 0.3) is 0 Å². The summed E-state index contributed by atoms with van der Waals surface area (Å²) in [6.45, 7) is 9.51. The molecule has 138 valence electrons. The fourth-order valence-corrected chi connectivity index (χ4v) is 3.62. The molecule has 2 saturated heterocycles. The van der Waals surface area contributed by atoms with Gasteiger partial charge in [0.15, 0.2) is 5.76 Å². The summed E-state index contributed by atoms with van der Waals surface area (Å²) in [5, 5.41) is 6.20. The van der Waals surface area contributed by atoms with Crippen molar-refractivity contribution in [1.82, 2.24) is 20.4 Å². The van der Waals surface area contributed by atoms with Crippen molar-refractivity contribution in [3.8, 4) is 0 Å². The highest BCUT2D eigenvalue weighted by Gasteiger charge is 2.35. The predicted octanol–water partition coefficient (Wildman–Crippen LogP) is 0.540. The maximum atomic E-state index is 13.0. The average Bonchev–Trinajstić information content (AvgIpc) is 3.31. The highest BCUT2D eigenvalue weighted by atomic mass is 16.3. The fourth-order valence-electron chi connectivity index (χ4n) is 3.62. The number of carbonyl (C=O) groups is 2. The van der Waals surface area contributed by atoms with Crippen molar-refractivity contribution in [2.45, 2.75) is 32.4 Å². The number of nitrogens with one attached hydrogen (secondary N) is 2. The third-order valence-corrected chi connectivity index (χ3v) is 5.11. The molecule has 3 rings (SSSR count). The lowest BCUT2D eigenvalue weighted by atomic mass is 10.0. The normalized spacial score (nSPS) is 23.0. The molecule has 0 radical (unpaired) electrons. The van der Waals surface area contributed by atoms with Gasteiger partial charge in [-0.1, -0.05) is 13.8 Å². The molecule has 0 aromatic carbocycles. The van der Waals surface area contributed by atoms with Crippen LogP contribution in [0.3, 0.4) is 0 Å². The largest absolute Gasteiger partial charge is 0.459 e. The monoisotopic (exact) mass is 348 g/mol. The molecule has 0 aliphatic carbocycles. The summed E-state index contributed by atoms with van der Waals surface area (Å²) in [5.74, 6) is -0.0781. The number of rotatable bonds is 5. The van der Waals surface area contributed by atoms with E-state index in [-0.39, 0.29) is 23.5 Å². The number of amides is 2. The van der Waals surface area contributed by atoms with E-state index in [0.29, 0.717) is 6.04 Å². The SMILES string of the molecule is CC(C)C(NC(=O)c1ccco1)C(=O)N1CCC(N2CCNCC2)C1. The Morgan fingerprint density at radius 2 is 2.04 bits per heavy atom. The summed E-state index contributed by atoms with van der Waals surface area (Å²) >= 11 is 0. The predicted molar refractivity (Wildman–Crippen MR) is 94.2 cm³/mol. The first-order valence-electron chi connectivity index (χ1n) is 9.14. The number of piperazine rings is 1. The van der Waals surface area contributed by atoms with E-state index < -0.39 is 6.04 Å². The average molecular weight is 348 g/mol. The van der Waals surface area contributed by atoms with Crippen LogP contribution in [-0.4, -0.2) is 73.0 Å². The van der Waals surface area contributed by atoms with Crippen LogP contribution in [-0.2, 0) is 4.79 Å². The summed E-state index contributed by atoms with van der Waals surface area (Å²) in [4.78, 5) is 29.6. The maximum absolute atomic E-state index is 13.0. The molecule has 0 spiro atoms. The molecule has 1 aromatic heterocycles. The summed E-state index contributed by atoms with van der Waals surface area (Å²) in [7, 11) is 0. The summed E-state index contributed by atoms with van der Waals surface area (Å²) in [5.41, 5.74) is 0. The molecule has 2 fully saturated rings. The van der Waals surface area contributed by atoms with Crippen LogP contribution < -0.4 is 10.6 Å². The molecular weight excluding hydrogens is 320 g/mol. The van der Waals surface area contributed by atoms with Crippen LogP contribution in [0, 0.1) is 5.92 Å². The van der Waals surface area contributed by atoms with Crippen molar-refractivity contribution in [1.29, 1.82) is 0 Å². The topological polar surface area (TPSA) is 77.8 Å². The summed E-state index contributed by atoms with van der Waals surface area (Å²) in [6, 6.07) is 3.17. The zero-order valence-corrected chi connectivity index (χ0v) is 15.0. The minimum Gasteiger partial charge on any atom is -0.459 e. The van der Waals surface area contributed by atoms with Gasteiger partial charge >= 0.3 is 0 Å². The molecule has 2 atom stereocenters. The Hall–Kier alpha value is -1.86. The molecule has 7 heteroatoms. The van der Waals surface area contributed by atoms with Crippen LogP contribution in [0.4, 0.5) is 0 Å². The van der Waals surface area contributed by atoms with E-state index in [1.807, 2.05) is 18.7 Å². The van der Waals surface area contributed by atoms with Gasteiger partial charge in [-0.15, -0.1) is 0 Å². The van der Waals surface area contributed by atoms with Crippen molar-refractivity contribution >= 4 is 11.8 Å². The van der Waals surface area contributed by atoms with Gasteiger partial charge in [-0.3, -0.25) is 14.5 Å². The van der Waals surface area contributed by atoms with E-state index >= 15 is 0 Å². The molecule has 0 bridgehead atoms. The molecule has 0 saturated carbocycles. The minimum absolute atomic E-state index is 0.00698. The lowest BCUT2D eigenvalue weighted by Gasteiger charge is -2.33. The van der Waals surface area contributed by atoms with Crippen LogP contribution in [0.15, 0.2) is 22.8 Å². The Labute approximate surface area is 148 Å². The van der Waals surface area contributed by atoms with Gasteiger partial charge in [-0.25, -0.2) is 0 Å². The molecule has 3 heterocycles. The molecule has 2 unspecified atom stereocenters. The standard InChI is InChI=1S/C18H28N4O3/c1-13(2)16(20-17(23)15-4-3-11-25-15)18(24)22-8-5-14(12-22)21-9-6-19-7-10-21/h3-4,11,13-14,16,19H,5-10,12H2,1-2H3,(H,20,23). The number of hydrogen-bond acceptors (Lipinski definition) is 5. The molecule has 2 aliphatic heterocycles. The number of furan rings is 1. The maximum Gasteiger partial charge on any atom is 0.287 e. The number of nitrogens with zero attached hydrogens (tertiary/aromatic N) is 2. The highest BCUT2D eigenvalue weighted by Crippen LogP contribution is 2.19. The van der Waals surface area contributed by atoms with Crippen molar-refractivity contribution in [3.05, 3.63) is 24.2 Å². The van der Waals surface area contributed by atoms with Crippen LogP contribution in [0.1, 0.15) is 30.8 Å². The molecule has 2 aliphatic rings. The Balaban J connectivity index is 1.60. The number of likely N-dealkylation sites (tertiary alicyclic amines) is 1. The Morgan fingerprint density at radius 3 is 2.68 bits per heavy atom. The molecule has 1 aromatic rings. The van der Waals surface area contributed by atoms with Gasteiger partial charge < -0.3 is 20.0 Å². The van der Waals surface area contributed by atoms with Crippen molar-refractivity contribution in [2.24, 2.45) is 5.92 Å². The lowest BCUT2D eigenvalue weighted by molar-refractivity contribution is -0.133. The number of carbonyl (C=O) groups excluding carboxylic acids is 2. The van der Waals surface area contributed by atoms with Gasteiger partial charge in [-0.2, -0.15) is 0 Å². The molecule has 2 amide bonds. The second kappa shape index (κ2) is 8.01. The molecule has 7 nitrogen and oxygen atoms in total. The van der Waals surface area contributed by atoms with Gasteiger partial charge in [0.2, 0.25) is 5.91 Å². The first-order chi connectivity index (χ1) is 12.1. The van der Waals surface area contributed by atoms with Gasteiger partial charge in [0.25, 0.3) is 5.91 Å². The van der Waals surface area contributed by atoms with Gasteiger partial charge in [0.05, 0.1) is 6.26 Å². The zero-order chi connectivity index (χ0) is 17.8. The quantitative estimate of drug-likeness (QED) is 0.812. The van der Waals surface area contributed by atoms with Gasteiger partial charge in [0.1, 0.15) is 6.04 Å². The van der Waals surface area contributed by atoms with E-state index in [1.54, 1.807) is 12.1 Å². The minimum atomic E-state index is -0.528. The van der Waals surface area contributed by atoms with Crippen molar-refractivity contribution in [2.75, 3.05) is 39.3 Å². The van der Waals surface area contributed by atoms with E-state index in [2.05, 4.69) is 15.5 Å². The van der Waals surface area contributed by atoms with Crippen LogP contribution >= 0.6 is 0 Å². The van der Waals surface area contributed by atoms with Gasteiger partial charge in [0, 0.05) is 45.3 Å². The van der Waals surface area contributed by atoms with E-state index in [9.17, 15) is 9.59 Å². The highest BCUT2D eigenvalue weighted by molar-refractivity contribution is 5.95. The zero-order valence-electron chi connectivity index (χ0n) is 15.0. The Kier molecular flexibility index (Phi) is 5.75. The summed E-state index contributed by atoms with van der Waals surface area (Å²) < 4.78 is 5.13. The second-order valence-corrected chi connectivity index (χ2v) is 7.19. The Morgan fingerprint density at radius 1 is 1.28 bits per heavy atom. The first kappa shape index (κ1) is 17.9. The third kappa shape index (κ3) is 4.22. The van der Waals surface area contributed by atoms with E-state index in [4.69, 9.17) is 4.42 Å². The second-order valence-electron chi connectivity index (χ2n) is 7.19. The molecular formula is C18H28N4O3. The van der Waals surface area contributed by atoms with Crippen LogP contribution in [0.2, 0.25) is 0 Å². The van der Waals surface area contributed by atoms with E-state index in [0.717, 1.165) is 45.7 Å². The van der Waals surface area contributed by atoms with E-state index in [1.165, 1.54) is 6.26 Å². The smallest absolute Gasteiger partial charge is 0.287 e. The first-order valence-corrected chi connectivity index (χ1v) is 9.14. The number of hydrogen-bond donors (Lipinski definition) is 2. The molecule has 2 N–H and O–H groups in total. The fraction of sp³-hybridized carbons (Fsp3) is 0.667. The lowest BCUT2D eigenvalue weighted by Crippen LogP contribution is -2.52. The van der Waals surface area contributed by atoms with Crippen molar-refractivity contribution < 1.29 is 14.0 Å².